The Morgan fingerprint density at radius 3 is 2.38 bits per heavy atom. The number of amides is 1. The third-order valence-electron chi connectivity index (χ3n) is 4.66. The molecule has 0 unspecified atom stereocenters. The molecule has 5 nitrogen and oxygen atoms in total. The number of aromatic nitrogens is 1. The summed E-state index contributed by atoms with van der Waals surface area (Å²) < 4.78 is 13.6. The maximum Gasteiger partial charge on any atom is 0.252 e. The van der Waals surface area contributed by atoms with Gasteiger partial charge in [-0.3, -0.25) is 4.79 Å². The molecule has 6 heteroatoms. The van der Waals surface area contributed by atoms with Crippen LogP contribution in [0, 0.1) is 12.3 Å². The van der Waals surface area contributed by atoms with Gasteiger partial charge in [0.15, 0.2) is 4.80 Å². The second kappa shape index (κ2) is 8.97. The number of terminal acetylenes is 1. The van der Waals surface area contributed by atoms with E-state index >= 15 is 0 Å². The van der Waals surface area contributed by atoms with Gasteiger partial charge in [-0.2, -0.15) is 4.99 Å². The molecule has 0 aliphatic carbocycles. The minimum absolute atomic E-state index is 0.224. The molecule has 0 fully saturated rings. The fourth-order valence-corrected chi connectivity index (χ4v) is 4.27. The van der Waals surface area contributed by atoms with Gasteiger partial charge >= 0.3 is 0 Å². The molecule has 0 spiro atoms. The molecule has 2 aromatic carbocycles. The van der Waals surface area contributed by atoms with Crippen LogP contribution in [0.15, 0.2) is 41.4 Å². The predicted octanol–water partition coefficient (Wildman–Crippen LogP) is 4.15. The molecule has 0 saturated carbocycles. The number of hydrogen-bond acceptors (Lipinski definition) is 4. The lowest BCUT2D eigenvalue weighted by Crippen LogP contribution is -2.17. The zero-order valence-electron chi connectivity index (χ0n) is 17.1. The van der Waals surface area contributed by atoms with Crippen LogP contribution in [-0.2, 0) is 17.8 Å². The topological polar surface area (TPSA) is 52.8 Å². The number of rotatable bonds is 6. The third-order valence-corrected chi connectivity index (χ3v) is 5.76. The number of nitrogens with zero attached hydrogens (tertiary/aromatic N) is 2. The average Bonchev–Trinajstić information content (AvgIpc) is 3.06. The van der Waals surface area contributed by atoms with Crippen molar-refractivity contribution in [1.29, 1.82) is 0 Å². The van der Waals surface area contributed by atoms with Gasteiger partial charge in [0.05, 0.1) is 27.2 Å². The van der Waals surface area contributed by atoms with Gasteiger partial charge < -0.3 is 14.0 Å². The third kappa shape index (κ3) is 4.36. The van der Waals surface area contributed by atoms with Gasteiger partial charge in [-0.15, -0.1) is 6.42 Å². The van der Waals surface area contributed by atoms with E-state index in [1.807, 2.05) is 28.8 Å². The zero-order valence-corrected chi connectivity index (χ0v) is 17.9. The average molecular weight is 409 g/mol. The summed E-state index contributed by atoms with van der Waals surface area (Å²) >= 11 is 1.36. The highest BCUT2D eigenvalue weighted by molar-refractivity contribution is 7.16. The Balaban J connectivity index is 2.03. The summed E-state index contributed by atoms with van der Waals surface area (Å²) in [5, 5.41) is 0. The fraction of sp³-hybridized carbons (Fsp3) is 0.304. The molecule has 0 N–H and O–H groups in total. The van der Waals surface area contributed by atoms with Crippen LogP contribution in [0.2, 0.25) is 0 Å². The largest absolute Gasteiger partial charge is 0.495 e. The molecular formula is C23H24N2O3S. The van der Waals surface area contributed by atoms with E-state index in [1.165, 1.54) is 16.9 Å². The molecule has 150 valence electrons. The van der Waals surface area contributed by atoms with Crippen molar-refractivity contribution in [2.45, 2.75) is 32.7 Å². The molecule has 0 radical (unpaired) electrons. The second-order valence-electron chi connectivity index (χ2n) is 6.90. The number of hydrogen-bond donors (Lipinski definition) is 0. The molecule has 0 aliphatic rings. The van der Waals surface area contributed by atoms with Crippen LogP contribution in [0.4, 0.5) is 0 Å². The summed E-state index contributed by atoms with van der Waals surface area (Å²) in [6.45, 7) is 4.56. The lowest BCUT2D eigenvalue weighted by Gasteiger charge is -2.08. The smallest absolute Gasteiger partial charge is 0.252 e. The first kappa shape index (κ1) is 20.7. The van der Waals surface area contributed by atoms with Gasteiger partial charge in [-0.05, 0) is 29.2 Å². The maximum atomic E-state index is 12.7. The summed E-state index contributed by atoms with van der Waals surface area (Å²) in [7, 11) is 3.21. The molecule has 3 rings (SSSR count). The van der Waals surface area contributed by atoms with Crippen molar-refractivity contribution in [2.24, 2.45) is 4.99 Å². The van der Waals surface area contributed by atoms with Crippen LogP contribution < -0.4 is 14.3 Å². The summed E-state index contributed by atoms with van der Waals surface area (Å²) in [5.74, 6) is 4.21. The van der Waals surface area contributed by atoms with E-state index in [1.54, 1.807) is 14.2 Å². The number of ether oxygens (including phenoxy) is 2. The first-order valence-corrected chi connectivity index (χ1v) is 10.1. The number of thiazole rings is 1. The van der Waals surface area contributed by atoms with Crippen molar-refractivity contribution < 1.29 is 14.3 Å². The number of carbonyl (C=O) groups is 1. The van der Waals surface area contributed by atoms with E-state index in [2.05, 4.69) is 36.9 Å². The molecule has 1 amide bonds. The monoisotopic (exact) mass is 408 g/mol. The predicted molar refractivity (Wildman–Crippen MR) is 117 cm³/mol. The van der Waals surface area contributed by atoms with E-state index in [0.717, 1.165) is 15.8 Å². The van der Waals surface area contributed by atoms with Gasteiger partial charge in [0.1, 0.15) is 21.7 Å². The Kier molecular flexibility index (Phi) is 6.40. The highest BCUT2D eigenvalue weighted by Gasteiger charge is 2.16. The van der Waals surface area contributed by atoms with E-state index in [-0.39, 0.29) is 18.9 Å². The van der Waals surface area contributed by atoms with E-state index < -0.39 is 0 Å². The minimum Gasteiger partial charge on any atom is -0.495 e. The van der Waals surface area contributed by atoms with E-state index in [9.17, 15) is 4.79 Å². The van der Waals surface area contributed by atoms with Crippen LogP contribution in [-0.4, -0.2) is 24.7 Å². The number of fused-ring (bicyclic) bond motifs is 1. The Morgan fingerprint density at radius 2 is 1.79 bits per heavy atom. The molecule has 0 atom stereocenters. The minimum atomic E-state index is -0.224. The highest BCUT2D eigenvalue weighted by atomic mass is 32.1. The van der Waals surface area contributed by atoms with Crippen LogP contribution >= 0.6 is 11.3 Å². The van der Waals surface area contributed by atoms with E-state index in [4.69, 9.17) is 15.9 Å². The highest BCUT2D eigenvalue weighted by Crippen LogP contribution is 2.35. The first-order chi connectivity index (χ1) is 14.0. The Morgan fingerprint density at radius 1 is 1.14 bits per heavy atom. The lowest BCUT2D eigenvalue weighted by atomic mass is 10.0. The van der Waals surface area contributed by atoms with Crippen molar-refractivity contribution in [3.8, 4) is 23.8 Å². The van der Waals surface area contributed by atoms with E-state index in [0.29, 0.717) is 22.2 Å². The standard InChI is InChI=1S/C23H24N2O3S/c1-6-13-25-21-18(27-4)11-12-19(28-5)22(21)29-23(25)24-20(26)14-16-7-9-17(10-8-16)15(2)3/h1,7-12,15H,13-14H2,2-5H3. The quantitative estimate of drug-likeness (QED) is 0.576. The summed E-state index contributed by atoms with van der Waals surface area (Å²) in [6, 6.07) is 11.7. The first-order valence-electron chi connectivity index (χ1n) is 9.32. The van der Waals surface area contributed by atoms with Crippen molar-refractivity contribution in [3.63, 3.8) is 0 Å². The van der Waals surface area contributed by atoms with Gasteiger partial charge in [-0.25, -0.2) is 0 Å². The molecule has 0 saturated heterocycles. The summed E-state index contributed by atoms with van der Waals surface area (Å²) in [4.78, 5) is 17.5. The second-order valence-corrected chi connectivity index (χ2v) is 7.88. The van der Waals surface area contributed by atoms with Gasteiger partial charge in [-0.1, -0.05) is 55.4 Å². The fourth-order valence-electron chi connectivity index (χ4n) is 3.12. The van der Waals surface area contributed by atoms with Crippen LogP contribution in [0.5, 0.6) is 11.5 Å². The SMILES string of the molecule is C#CCn1c(=NC(=O)Cc2ccc(C(C)C)cc2)sc2c(OC)ccc(OC)c21. The Bertz CT molecular complexity index is 1130. The number of methoxy groups -OCH3 is 2. The zero-order chi connectivity index (χ0) is 21.0. The number of benzene rings is 2. The number of carbonyl (C=O) groups excluding carboxylic acids is 1. The molecule has 0 aliphatic heterocycles. The van der Waals surface area contributed by atoms with Crippen LogP contribution in [0.1, 0.15) is 30.9 Å². The molecule has 0 bridgehead atoms. The van der Waals surface area contributed by atoms with Crippen molar-refractivity contribution in [3.05, 3.63) is 52.3 Å². The van der Waals surface area contributed by atoms with Gasteiger partial charge in [0.25, 0.3) is 5.91 Å². The van der Waals surface area contributed by atoms with Crippen LogP contribution in [0.25, 0.3) is 10.2 Å². The summed E-state index contributed by atoms with van der Waals surface area (Å²) in [6.07, 6.45) is 5.80. The van der Waals surface area contributed by atoms with Crippen molar-refractivity contribution in [2.75, 3.05) is 14.2 Å². The Labute approximate surface area is 174 Å². The van der Waals surface area contributed by atoms with Crippen LogP contribution in [0.3, 0.4) is 0 Å². The Hall–Kier alpha value is -3.04. The molecule has 1 aromatic heterocycles. The van der Waals surface area contributed by atoms with Crippen molar-refractivity contribution >= 4 is 27.5 Å². The molecule has 3 aromatic rings. The summed E-state index contributed by atoms with van der Waals surface area (Å²) in [5.41, 5.74) is 2.96. The molecule has 1 heterocycles. The molecule has 29 heavy (non-hydrogen) atoms. The lowest BCUT2D eigenvalue weighted by molar-refractivity contribution is -0.117. The van der Waals surface area contributed by atoms with Crippen molar-refractivity contribution in [1.82, 2.24) is 4.57 Å². The normalized spacial score (nSPS) is 11.7. The molecular weight excluding hydrogens is 384 g/mol. The maximum absolute atomic E-state index is 12.7. The van der Waals surface area contributed by atoms with Gasteiger partial charge in [0.2, 0.25) is 0 Å². The van der Waals surface area contributed by atoms with Gasteiger partial charge in [0, 0.05) is 0 Å².